The maximum absolute atomic E-state index is 6.03. The topological polar surface area (TPSA) is 48.9 Å². The number of hydrogen-bond donors (Lipinski definition) is 2. The Hall–Kier alpha value is -1.76. The van der Waals surface area contributed by atoms with E-state index in [0.29, 0.717) is 17.6 Å². The van der Waals surface area contributed by atoms with Gasteiger partial charge in [-0.25, -0.2) is 0 Å². The smallest absolute Gasteiger partial charge is 0.191 e. The van der Waals surface area contributed by atoms with Gasteiger partial charge in [-0.05, 0) is 47.4 Å². The Balaban J connectivity index is 1.46. The molecule has 0 amide bonds. The van der Waals surface area contributed by atoms with Crippen molar-refractivity contribution < 1.29 is 4.74 Å². The van der Waals surface area contributed by atoms with E-state index in [4.69, 9.17) is 16.3 Å². The lowest BCUT2D eigenvalue weighted by atomic mass is 10.0. The highest BCUT2D eigenvalue weighted by Gasteiger charge is 2.20. The molecule has 0 bridgehead atoms. The molecule has 2 aromatic rings. The van der Waals surface area contributed by atoms with Gasteiger partial charge in [-0.1, -0.05) is 17.7 Å². The average molecular weight is 407 g/mol. The fourth-order valence-corrected chi connectivity index (χ4v) is 4.13. The predicted octanol–water partition coefficient (Wildman–Crippen LogP) is 3.74. The molecule has 1 aliphatic rings. The summed E-state index contributed by atoms with van der Waals surface area (Å²) in [4.78, 5) is 6.89. The Morgan fingerprint density at radius 1 is 1.33 bits per heavy atom. The molecule has 3 rings (SSSR count). The second-order valence-corrected chi connectivity index (χ2v) is 7.92. The number of likely N-dealkylation sites (tertiary alicyclic amines) is 1. The zero-order valence-corrected chi connectivity index (χ0v) is 17.4. The molecule has 1 aromatic carbocycles. The molecule has 7 heteroatoms. The Kier molecular flexibility index (Phi) is 7.38. The van der Waals surface area contributed by atoms with E-state index >= 15 is 0 Å². The molecule has 0 unspecified atom stereocenters. The van der Waals surface area contributed by atoms with Gasteiger partial charge >= 0.3 is 0 Å². The fourth-order valence-electron chi connectivity index (χ4n) is 3.31. The monoisotopic (exact) mass is 406 g/mol. The number of aliphatic imine (C=N–C) groups is 1. The zero-order chi connectivity index (χ0) is 19.1. The van der Waals surface area contributed by atoms with Crippen LogP contribution < -0.4 is 15.4 Å². The lowest BCUT2D eigenvalue weighted by Crippen LogP contribution is -2.48. The highest BCUT2D eigenvalue weighted by atomic mass is 35.5. The van der Waals surface area contributed by atoms with Crippen LogP contribution in [0.15, 0.2) is 40.0 Å². The summed E-state index contributed by atoms with van der Waals surface area (Å²) in [5.74, 6) is 1.61. The van der Waals surface area contributed by atoms with Crippen molar-refractivity contribution >= 4 is 28.9 Å². The van der Waals surface area contributed by atoms with Gasteiger partial charge in [-0.3, -0.25) is 9.89 Å². The van der Waals surface area contributed by atoms with Gasteiger partial charge in [0.2, 0.25) is 0 Å². The summed E-state index contributed by atoms with van der Waals surface area (Å²) in [6, 6.07) is 8.34. The van der Waals surface area contributed by atoms with E-state index in [-0.39, 0.29) is 0 Å². The first-order valence-electron chi connectivity index (χ1n) is 9.21. The highest BCUT2D eigenvalue weighted by Crippen LogP contribution is 2.23. The van der Waals surface area contributed by atoms with Gasteiger partial charge in [-0.2, -0.15) is 11.3 Å². The van der Waals surface area contributed by atoms with Crippen molar-refractivity contribution in [2.45, 2.75) is 32.0 Å². The maximum Gasteiger partial charge on any atom is 0.191 e. The number of piperidine rings is 1. The van der Waals surface area contributed by atoms with Crippen molar-refractivity contribution in [2.24, 2.45) is 4.99 Å². The van der Waals surface area contributed by atoms with Crippen molar-refractivity contribution in [3.05, 3.63) is 51.2 Å². The van der Waals surface area contributed by atoms with E-state index in [1.54, 1.807) is 25.5 Å². The molecule has 5 nitrogen and oxygen atoms in total. The van der Waals surface area contributed by atoms with Gasteiger partial charge in [0.05, 0.1) is 7.11 Å². The third-order valence-corrected chi connectivity index (χ3v) is 5.80. The predicted molar refractivity (Wildman–Crippen MR) is 114 cm³/mol. The first-order valence-corrected chi connectivity index (χ1v) is 10.5. The molecular formula is C20H27ClN4OS. The van der Waals surface area contributed by atoms with Crippen molar-refractivity contribution in [3.63, 3.8) is 0 Å². The van der Waals surface area contributed by atoms with E-state index < -0.39 is 0 Å². The maximum atomic E-state index is 6.03. The van der Waals surface area contributed by atoms with Gasteiger partial charge in [0, 0.05) is 49.9 Å². The van der Waals surface area contributed by atoms with E-state index in [2.05, 4.69) is 37.4 Å². The minimum atomic E-state index is 0.446. The van der Waals surface area contributed by atoms with Crippen molar-refractivity contribution in [3.8, 4) is 5.75 Å². The van der Waals surface area contributed by atoms with E-state index in [1.165, 1.54) is 5.56 Å². The van der Waals surface area contributed by atoms with Crippen LogP contribution in [0.5, 0.6) is 5.75 Å². The Bertz CT molecular complexity index is 742. The van der Waals surface area contributed by atoms with Gasteiger partial charge in [0.15, 0.2) is 5.96 Å². The molecule has 2 heterocycles. The summed E-state index contributed by atoms with van der Waals surface area (Å²) in [6.45, 7) is 3.90. The van der Waals surface area contributed by atoms with E-state index in [9.17, 15) is 0 Å². The molecule has 27 heavy (non-hydrogen) atoms. The van der Waals surface area contributed by atoms with Crippen LogP contribution in [0.2, 0.25) is 5.02 Å². The molecule has 0 radical (unpaired) electrons. The third-order valence-electron chi connectivity index (χ3n) is 4.83. The molecule has 0 aliphatic carbocycles. The molecule has 0 saturated carbocycles. The molecule has 1 saturated heterocycles. The second kappa shape index (κ2) is 9.97. The molecule has 1 aliphatic heterocycles. The zero-order valence-electron chi connectivity index (χ0n) is 15.9. The van der Waals surface area contributed by atoms with Crippen LogP contribution in [0, 0.1) is 0 Å². The van der Waals surface area contributed by atoms with E-state index in [1.807, 2.05) is 18.2 Å². The van der Waals surface area contributed by atoms with Crippen LogP contribution in [0.3, 0.4) is 0 Å². The van der Waals surface area contributed by atoms with Crippen molar-refractivity contribution in [2.75, 3.05) is 27.2 Å². The number of ether oxygens (including phenoxy) is 1. The first-order chi connectivity index (χ1) is 13.2. The Morgan fingerprint density at radius 3 is 2.81 bits per heavy atom. The van der Waals surface area contributed by atoms with Crippen LogP contribution in [0.4, 0.5) is 0 Å². The average Bonchev–Trinajstić information content (AvgIpc) is 3.20. The molecule has 146 valence electrons. The van der Waals surface area contributed by atoms with Gasteiger partial charge in [0.25, 0.3) is 0 Å². The SMILES string of the molecule is CN=C(NCc1ccc(Cl)cc1OC)NC1CCN(Cc2ccsc2)CC1. The molecule has 2 N–H and O–H groups in total. The number of thiophene rings is 1. The summed E-state index contributed by atoms with van der Waals surface area (Å²) in [5.41, 5.74) is 2.47. The van der Waals surface area contributed by atoms with Crippen LogP contribution in [0.25, 0.3) is 0 Å². The number of rotatable bonds is 6. The molecule has 0 atom stereocenters. The standard InChI is InChI=1S/C20H27ClN4OS/c1-22-20(23-12-16-3-4-17(21)11-19(16)26-2)24-18-5-8-25(9-6-18)13-15-7-10-27-14-15/h3-4,7,10-11,14,18H,5-6,8-9,12-13H2,1-2H3,(H2,22,23,24). The number of methoxy groups -OCH3 is 1. The van der Waals surface area contributed by atoms with Crippen LogP contribution in [-0.2, 0) is 13.1 Å². The lowest BCUT2D eigenvalue weighted by molar-refractivity contribution is 0.198. The highest BCUT2D eigenvalue weighted by molar-refractivity contribution is 7.07. The summed E-state index contributed by atoms with van der Waals surface area (Å²) in [6.07, 6.45) is 2.24. The van der Waals surface area contributed by atoms with Gasteiger partial charge in [-0.15, -0.1) is 0 Å². The van der Waals surface area contributed by atoms with Crippen molar-refractivity contribution in [1.82, 2.24) is 15.5 Å². The van der Waals surface area contributed by atoms with E-state index in [0.717, 1.165) is 49.7 Å². The number of guanidine groups is 1. The van der Waals surface area contributed by atoms with Crippen LogP contribution in [0.1, 0.15) is 24.0 Å². The summed E-state index contributed by atoms with van der Waals surface area (Å²) >= 11 is 7.80. The number of halogens is 1. The first kappa shape index (κ1) is 20.0. The number of benzene rings is 1. The Morgan fingerprint density at radius 2 is 2.15 bits per heavy atom. The quantitative estimate of drug-likeness (QED) is 0.566. The number of hydrogen-bond acceptors (Lipinski definition) is 4. The largest absolute Gasteiger partial charge is 0.496 e. The minimum absolute atomic E-state index is 0.446. The molecular weight excluding hydrogens is 380 g/mol. The fraction of sp³-hybridized carbons (Fsp3) is 0.450. The summed E-state index contributed by atoms with van der Waals surface area (Å²) in [5, 5.41) is 12.0. The van der Waals surface area contributed by atoms with Crippen LogP contribution in [-0.4, -0.2) is 44.1 Å². The van der Waals surface area contributed by atoms with Gasteiger partial charge in [0.1, 0.15) is 5.75 Å². The minimum Gasteiger partial charge on any atom is -0.496 e. The summed E-state index contributed by atoms with van der Waals surface area (Å²) < 4.78 is 5.41. The molecule has 1 fully saturated rings. The normalized spacial score (nSPS) is 16.3. The van der Waals surface area contributed by atoms with Crippen LogP contribution >= 0.6 is 22.9 Å². The number of nitrogens with one attached hydrogen (secondary N) is 2. The summed E-state index contributed by atoms with van der Waals surface area (Å²) in [7, 11) is 3.46. The van der Waals surface area contributed by atoms with Crippen molar-refractivity contribution in [1.29, 1.82) is 0 Å². The second-order valence-electron chi connectivity index (χ2n) is 6.71. The lowest BCUT2D eigenvalue weighted by Gasteiger charge is -2.33. The Labute approximate surface area is 170 Å². The molecule has 0 spiro atoms. The number of nitrogens with zero attached hydrogens (tertiary/aromatic N) is 2. The molecule has 1 aromatic heterocycles. The van der Waals surface area contributed by atoms with Gasteiger partial charge < -0.3 is 15.4 Å². The third kappa shape index (κ3) is 5.86.